The molecule has 0 heterocycles. The van der Waals surface area contributed by atoms with Gasteiger partial charge < -0.3 is 0 Å². The summed E-state index contributed by atoms with van der Waals surface area (Å²) in [6.45, 7) is 0. The van der Waals surface area contributed by atoms with Crippen LogP contribution in [0.2, 0.25) is 0 Å². The maximum absolute atomic E-state index is 2.30. The van der Waals surface area contributed by atoms with E-state index < -0.39 is 0 Å². The summed E-state index contributed by atoms with van der Waals surface area (Å²) >= 11 is 0. The highest BCUT2D eigenvalue weighted by Crippen LogP contribution is 2.32. The first-order chi connectivity index (χ1) is 8.93. The molecule has 0 aliphatic heterocycles. The fourth-order valence-corrected chi connectivity index (χ4v) is 3.01. The molecule has 1 aliphatic carbocycles. The minimum atomic E-state index is 1.17. The van der Waals surface area contributed by atoms with Crippen LogP contribution in [0.5, 0.6) is 0 Å². The van der Waals surface area contributed by atoms with Crippen LogP contribution in [0, 0.1) is 0 Å². The van der Waals surface area contributed by atoms with Crippen LogP contribution < -0.4 is 0 Å². The van der Waals surface area contributed by atoms with Gasteiger partial charge in [0, 0.05) is 0 Å². The van der Waals surface area contributed by atoms with E-state index in [0.29, 0.717) is 0 Å². The molecule has 0 saturated carbocycles. The van der Waals surface area contributed by atoms with Gasteiger partial charge in [0.25, 0.3) is 0 Å². The largest absolute Gasteiger partial charge is 0.0836 e. The molecular weight excluding hydrogens is 216 g/mol. The fraction of sp³-hybridized carbons (Fsp3) is 0.111. The molecule has 4 rings (SSSR count). The van der Waals surface area contributed by atoms with Crippen LogP contribution in [0.4, 0.5) is 0 Å². The van der Waals surface area contributed by atoms with Crippen molar-refractivity contribution in [3.8, 4) is 0 Å². The van der Waals surface area contributed by atoms with Crippen LogP contribution in [0.15, 0.2) is 54.6 Å². The molecule has 0 saturated heterocycles. The van der Waals surface area contributed by atoms with Crippen molar-refractivity contribution in [2.45, 2.75) is 12.8 Å². The average molecular weight is 230 g/mol. The second kappa shape index (κ2) is 3.71. The smallest absolute Gasteiger partial charge is 0.00992 e. The van der Waals surface area contributed by atoms with Gasteiger partial charge in [-0.2, -0.15) is 0 Å². The Morgan fingerprint density at radius 2 is 1.61 bits per heavy atom. The monoisotopic (exact) mass is 230 g/mol. The summed E-state index contributed by atoms with van der Waals surface area (Å²) in [5.74, 6) is 0. The molecular formula is C18H14. The van der Waals surface area contributed by atoms with E-state index in [1.165, 1.54) is 45.5 Å². The van der Waals surface area contributed by atoms with Crippen LogP contribution in [0.25, 0.3) is 27.6 Å². The Balaban J connectivity index is 2.20. The highest BCUT2D eigenvalue weighted by atomic mass is 14.1. The van der Waals surface area contributed by atoms with Crippen LogP contribution in [0.1, 0.15) is 17.5 Å². The number of rotatable bonds is 0. The van der Waals surface area contributed by atoms with Gasteiger partial charge in [0.1, 0.15) is 0 Å². The van der Waals surface area contributed by atoms with Crippen molar-refractivity contribution in [1.82, 2.24) is 0 Å². The molecule has 0 aromatic heterocycles. The lowest BCUT2D eigenvalue weighted by Crippen LogP contribution is -1.95. The summed E-state index contributed by atoms with van der Waals surface area (Å²) in [6.07, 6.45) is 6.92. The van der Waals surface area contributed by atoms with E-state index in [2.05, 4.69) is 60.7 Å². The number of benzene rings is 3. The van der Waals surface area contributed by atoms with Gasteiger partial charge in [0.05, 0.1) is 0 Å². The van der Waals surface area contributed by atoms with Crippen molar-refractivity contribution in [3.05, 3.63) is 65.7 Å². The SMILES string of the molecule is C1=Cc2c(ccc3c2ccc2ccccc23)CC1. The Bertz CT molecular complexity index is 778. The quantitative estimate of drug-likeness (QED) is 0.479. The lowest BCUT2D eigenvalue weighted by molar-refractivity contribution is 0.990. The first kappa shape index (κ1) is 9.90. The van der Waals surface area contributed by atoms with Gasteiger partial charge in [-0.25, -0.2) is 0 Å². The average Bonchev–Trinajstić information content (AvgIpc) is 2.46. The zero-order chi connectivity index (χ0) is 11.9. The van der Waals surface area contributed by atoms with E-state index in [-0.39, 0.29) is 0 Å². The third kappa shape index (κ3) is 1.32. The second-order valence-electron chi connectivity index (χ2n) is 4.96. The third-order valence-corrected chi connectivity index (χ3v) is 3.92. The van der Waals surface area contributed by atoms with E-state index >= 15 is 0 Å². The molecule has 86 valence electrons. The topological polar surface area (TPSA) is 0 Å². The summed E-state index contributed by atoms with van der Waals surface area (Å²) in [6, 6.07) is 17.7. The summed E-state index contributed by atoms with van der Waals surface area (Å²) in [7, 11) is 0. The minimum Gasteiger partial charge on any atom is -0.0836 e. The first-order valence-corrected chi connectivity index (χ1v) is 6.53. The van der Waals surface area contributed by atoms with Crippen LogP contribution >= 0.6 is 0 Å². The van der Waals surface area contributed by atoms with Gasteiger partial charge in [0.2, 0.25) is 0 Å². The number of hydrogen-bond donors (Lipinski definition) is 0. The molecule has 1 aliphatic rings. The second-order valence-corrected chi connectivity index (χ2v) is 4.96. The van der Waals surface area contributed by atoms with Crippen molar-refractivity contribution >= 4 is 27.6 Å². The standard InChI is InChI=1S/C18H14/c1-3-7-15-13(5-1)9-11-18-16-8-4-2-6-14(16)10-12-17(15)18/h1,3-5,7-12H,2,6H2. The molecule has 3 aromatic carbocycles. The molecule has 0 fully saturated rings. The lowest BCUT2D eigenvalue weighted by Gasteiger charge is -2.14. The molecule has 0 bridgehead atoms. The van der Waals surface area contributed by atoms with Gasteiger partial charge in [-0.3, -0.25) is 0 Å². The molecule has 0 N–H and O–H groups in total. The lowest BCUT2D eigenvalue weighted by atomic mass is 9.90. The van der Waals surface area contributed by atoms with Gasteiger partial charge in [-0.1, -0.05) is 60.7 Å². The Kier molecular flexibility index (Phi) is 2.04. The summed E-state index contributed by atoms with van der Waals surface area (Å²) in [4.78, 5) is 0. The molecule has 0 atom stereocenters. The Labute approximate surface area is 107 Å². The zero-order valence-corrected chi connectivity index (χ0v) is 10.2. The van der Waals surface area contributed by atoms with E-state index in [0.717, 1.165) is 0 Å². The van der Waals surface area contributed by atoms with E-state index in [9.17, 15) is 0 Å². The summed E-state index contributed by atoms with van der Waals surface area (Å²) < 4.78 is 0. The molecule has 0 amide bonds. The van der Waals surface area contributed by atoms with E-state index in [1.807, 2.05) is 0 Å². The molecule has 3 aromatic rings. The molecule has 0 radical (unpaired) electrons. The van der Waals surface area contributed by atoms with Gasteiger partial charge in [0.15, 0.2) is 0 Å². The summed E-state index contributed by atoms with van der Waals surface area (Å²) in [5.41, 5.74) is 2.91. The van der Waals surface area contributed by atoms with Gasteiger partial charge in [-0.05, 0) is 45.5 Å². The molecule has 18 heavy (non-hydrogen) atoms. The molecule has 0 spiro atoms. The zero-order valence-electron chi connectivity index (χ0n) is 10.2. The molecule has 0 nitrogen and oxygen atoms in total. The van der Waals surface area contributed by atoms with Crippen LogP contribution in [0.3, 0.4) is 0 Å². The first-order valence-electron chi connectivity index (χ1n) is 6.53. The van der Waals surface area contributed by atoms with Gasteiger partial charge >= 0.3 is 0 Å². The number of hydrogen-bond acceptors (Lipinski definition) is 0. The number of allylic oxidation sites excluding steroid dienone is 1. The molecule has 0 heteroatoms. The van der Waals surface area contributed by atoms with Crippen molar-refractivity contribution in [3.63, 3.8) is 0 Å². The number of fused-ring (bicyclic) bond motifs is 5. The van der Waals surface area contributed by atoms with Crippen molar-refractivity contribution < 1.29 is 0 Å². The highest BCUT2D eigenvalue weighted by Gasteiger charge is 2.09. The predicted octanol–water partition coefficient (Wildman–Crippen LogP) is 4.95. The van der Waals surface area contributed by atoms with E-state index in [4.69, 9.17) is 0 Å². The van der Waals surface area contributed by atoms with Crippen molar-refractivity contribution in [2.24, 2.45) is 0 Å². The van der Waals surface area contributed by atoms with Gasteiger partial charge in [-0.15, -0.1) is 0 Å². The number of aryl methyl sites for hydroxylation is 1. The Hall–Kier alpha value is -2.08. The fourth-order valence-electron chi connectivity index (χ4n) is 3.01. The van der Waals surface area contributed by atoms with E-state index in [1.54, 1.807) is 0 Å². The third-order valence-electron chi connectivity index (χ3n) is 3.92. The maximum atomic E-state index is 2.30. The molecule has 0 unspecified atom stereocenters. The predicted molar refractivity (Wildman–Crippen MR) is 78.8 cm³/mol. The Morgan fingerprint density at radius 1 is 0.722 bits per heavy atom. The highest BCUT2D eigenvalue weighted by molar-refractivity contribution is 6.10. The maximum Gasteiger partial charge on any atom is -0.00992 e. The van der Waals surface area contributed by atoms with Crippen LogP contribution in [-0.2, 0) is 6.42 Å². The Morgan fingerprint density at radius 3 is 2.61 bits per heavy atom. The normalized spacial score (nSPS) is 14.0. The minimum absolute atomic E-state index is 1.17. The van der Waals surface area contributed by atoms with Crippen molar-refractivity contribution in [1.29, 1.82) is 0 Å². The van der Waals surface area contributed by atoms with Crippen molar-refractivity contribution in [2.75, 3.05) is 0 Å². The van der Waals surface area contributed by atoms with Crippen LogP contribution in [-0.4, -0.2) is 0 Å². The summed E-state index contributed by atoms with van der Waals surface area (Å²) in [5, 5.41) is 5.45.